The van der Waals surface area contributed by atoms with E-state index >= 15 is 0 Å². The number of para-hydroxylation sites is 1. The molecule has 1 aliphatic rings. The number of ether oxygens (including phenoxy) is 1. The fourth-order valence-corrected chi connectivity index (χ4v) is 12.3. The van der Waals surface area contributed by atoms with E-state index in [1.807, 2.05) is 60.7 Å². The van der Waals surface area contributed by atoms with Gasteiger partial charge in [-0.15, -0.1) is 29.7 Å². The Balaban J connectivity index is 0.0000113. The maximum absolute atomic E-state index is 10.5. The van der Waals surface area contributed by atoms with E-state index in [1.54, 1.807) is 42.6 Å². The summed E-state index contributed by atoms with van der Waals surface area (Å²) in [4.78, 5) is 4.96. The van der Waals surface area contributed by atoms with E-state index in [2.05, 4.69) is 128 Å². The largest absolute Gasteiger partial charge is 0.510 e. The van der Waals surface area contributed by atoms with Crippen LogP contribution in [0.5, 0.6) is 11.5 Å². The molecular weight excluding hydrogens is 1320 g/mol. The smallest absolute Gasteiger partial charge is 0.268 e. The van der Waals surface area contributed by atoms with Crippen LogP contribution in [0.4, 0.5) is 0 Å². The van der Waals surface area contributed by atoms with Crippen LogP contribution in [0.15, 0.2) is 217 Å². The molecule has 0 N–H and O–H groups in total. The Morgan fingerprint density at radius 1 is 0.538 bits per heavy atom. The van der Waals surface area contributed by atoms with Crippen molar-refractivity contribution in [3.8, 4) is 73.2 Å². The SMILES string of the molecule is [2H]c1c([2H])c([2H])c(-c2cccc(-c3c([2H])c([2H])c4c(c3[2H])C(C([2H])([2H])[2H])(C([2H])([2H])[2H])C([2H])([2H])C([2H])([2H])C4(C([2H])([2H])[2H])C([2H])([2H])[2H])c2-[n+]2[c-]n(-c3[c-]c(Oc4[c-]c5c(cc4)c4cc(-c6cc(C(C)(C)C)cc(C(C)(C)C)c6)ccc4n5-c4cc(C(C)(C)C)ccn4)ccc3)c3cc4oc5cc(-c6ccccc6)ccc5c4cc32)c([2H])c1[2H].[Pt]. The van der Waals surface area contributed by atoms with Gasteiger partial charge < -0.3 is 18.3 Å². The zero-order valence-corrected chi connectivity index (χ0v) is 54.8. The quantitative estimate of drug-likeness (QED) is 0.107. The summed E-state index contributed by atoms with van der Waals surface area (Å²) in [5.74, 6) is 1.01. The van der Waals surface area contributed by atoms with Crippen LogP contribution in [-0.4, -0.2) is 14.1 Å². The standard InChI is InChI=1S/C86H78N4O2.Pt/c1-82(2,3)60-38-41-87-80(48-60)90-74-37-32-56(59-42-61(83(4,5)6)47-62(43-59)84(7,8)9)44-70(74)68-35-33-65(50-75(68)90)91-64-27-20-26-63(49-64)88-53-89(76-51-71-69-34-30-57(54-22-16-14-17-23-54)46-78(69)92-79(71)52-77(76)88)81-66(55-24-18-15-19-25-55)28-21-29-67(81)58-31-36-72-73(45-58)86(12,13)40-39-85(72,10)11;/h14-38,41-48,51-52H,39-40H2,1-13H3;/q-2;/i10D3,11D3,12D3,13D3,15D,18D,19D,24D,25D,31D,36D,39D2,40D2,45D;. The summed E-state index contributed by atoms with van der Waals surface area (Å²) in [6, 6.07) is 46.6. The number of hydrogen-bond acceptors (Lipinski definition) is 3. The molecule has 6 nitrogen and oxygen atoms in total. The second-order valence-electron chi connectivity index (χ2n) is 26.8. The van der Waals surface area contributed by atoms with Crippen LogP contribution in [0.3, 0.4) is 0 Å². The maximum atomic E-state index is 10.5. The Morgan fingerprint density at radius 2 is 1.20 bits per heavy atom. The number of imidazole rings is 1. The van der Waals surface area contributed by atoms with Gasteiger partial charge >= 0.3 is 0 Å². The first-order valence-corrected chi connectivity index (χ1v) is 30.4. The molecule has 466 valence electrons. The van der Waals surface area contributed by atoms with Crippen LogP contribution < -0.4 is 9.30 Å². The van der Waals surface area contributed by atoms with Crippen molar-refractivity contribution in [2.45, 2.75) is 130 Å². The Morgan fingerprint density at radius 3 is 1.94 bits per heavy atom. The van der Waals surface area contributed by atoms with Crippen molar-refractivity contribution >= 4 is 54.8 Å². The first-order chi connectivity index (χ1) is 53.8. The summed E-state index contributed by atoms with van der Waals surface area (Å²) in [6.45, 7) is 2.12. The normalized spacial score (nSPS) is 19.5. The Labute approximate surface area is 595 Å². The fourth-order valence-electron chi connectivity index (χ4n) is 12.3. The van der Waals surface area contributed by atoms with Gasteiger partial charge in [-0.3, -0.25) is 4.57 Å². The van der Waals surface area contributed by atoms with E-state index in [0.717, 1.165) is 44.1 Å². The number of fused-ring (bicyclic) bond motifs is 8. The van der Waals surface area contributed by atoms with E-state index in [9.17, 15) is 12.3 Å². The number of furan rings is 1. The Hall–Kier alpha value is -9.09. The van der Waals surface area contributed by atoms with Gasteiger partial charge in [0.2, 0.25) is 0 Å². The summed E-state index contributed by atoms with van der Waals surface area (Å²) in [7, 11) is 0. The summed E-state index contributed by atoms with van der Waals surface area (Å²) in [5, 5.41) is 2.78. The predicted molar refractivity (Wildman–Crippen MR) is 380 cm³/mol. The molecule has 93 heavy (non-hydrogen) atoms. The first-order valence-electron chi connectivity index (χ1n) is 42.4. The number of aromatic nitrogens is 4. The van der Waals surface area contributed by atoms with Crippen molar-refractivity contribution in [3.63, 3.8) is 0 Å². The minimum Gasteiger partial charge on any atom is -0.510 e. The molecule has 0 saturated heterocycles. The molecule has 14 aromatic rings. The van der Waals surface area contributed by atoms with Crippen molar-refractivity contribution < 1.29 is 67.7 Å². The molecule has 1 aliphatic carbocycles. The van der Waals surface area contributed by atoms with Gasteiger partial charge in [0, 0.05) is 77.0 Å². The van der Waals surface area contributed by atoms with E-state index in [0.29, 0.717) is 33.3 Å². The molecule has 10 aromatic carbocycles. The summed E-state index contributed by atoms with van der Waals surface area (Å²) >= 11 is 0. The second-order valence-corrected chi connectivity index (χ2v) is 26.8. The fraction of sp³-hybridized carbons (Fsp3) is 0.233. The molecule has 0 radical (unpaired) electrons. The van der Waals surface area contributed by atoms with Crippen LogP contribution in [0.1, 0.15) is 163 Å². The minimum absolute atomic E-state index is 0. The molecule has 7 heteroatoms. The first kappa shape index (κ1) is 39.5. The van der Waals surface area contributed by atoms with E-state index in [4.69, 9.17) is 34.7 Å². The molecule has 0 saturated carbocycles. The van der Waals surface area contributed by atoms with Crippen LogP contribution in [0.25, 0.3) is 116 Å². The summed E-state index contributed by atoms with van der Waals surface area (Å²) in [6.07, 6.45) is -4.15. The third-order valence-electron chi connectivity index (χ3n) is 17.4. The van der Waals surface area contributed by atoms with Crippen molar-refractivity contribution in [1.82, 2.24) is 14.1 Å². The van der Waals surface area contributed by atoms with Crippen LogP contribution in [0.2, 0.25) is 0 Å². The number of hydrogen-bond donors (Lipinski definition) is 0. The average Bonchev–Trinajstić information content (AvgIpc) is 1.12. The number of nitrogens with zero attached hydrogens (tertiary/aromatic N) is 4. The number of rotatable bonds is 9. The summed E-state index contributed by atoms with van der Waals surface area (Å²) in [5.41, 5.74) is -5.83. The van der Waals surface area contributed by atoms with Crippen LogP contribution >= 0.6 is 0 Å². The van der Waals surface area contributed by atoms with Crippen molar-refractivity contribution in [1.29, 1.82) is 0 Å². The van der Waals surface area contributed by atoms with Crippen LogP contribution in [-0.2, 0) is 48.1 Å². The average molecular weight is 1420 g/mol. The summed E-state index contributed by atoms with van der Waals surface area (Å²) < 4.78 is 242. The molecule has 4 aromatic heterocycles. The molecule has 0 unspecified atom stereocenters. The molecule has 0 spiro atoms. The van der Waals surface area contributed by atoms with Gasteiger partial charge in [-0.05, 0) is 166 Å². The monoisotopic (exact) mass is 1420 g/mol. The molecule has 0 atom stereocenters. The maximum Gasteiger partial charge on any atom is 0.268 e. The van der Waals surface area contributed by atoms with Gasteiger partial charge in [-0.1, -0.05) is 229 Å². The van der Waals surface area contributed by atoms with E-state index in [-0.39, 0.29) is 71.1 Å². The minimum atomic E-state index is -4.67. The van der Waals surface area contributed by atoms with Crippen molar-refractivity contribution in [2.24, 2.45) is 0 Å². The molecule has 0 aliphatic heterocycles. The molecule has 0 amide bonds. The van der Waals surface area contributed by atoms with Gasteiger partial charge in [0.05, 0.1) is 27.7 Å². The number of pyridine rings is 1. The van der Waals surface area contributed by atoms with Gasteiger partial charge in [-0.2, -0.15) is 18.2 Å². The predicted octanol–water partition coefficient (Wildman–Crippen LogP) is 22.4. The van der Waals surface area contributed by atoms with Crippen molar-refractivity contribution in [2.75, 3.05) is 0 Å². The molecule has 4 heterocycles. The Bertz CT molecular complexity index is 6360. The van der Waals surface area contributed by atoms with Gasteiger partial charge in [0.15, 0.2) is 0 Å². The molecule has 0 bridgehead atoms. The Kier molecular flexibility index (Phi) is 9.58. The number of benzene rings is 10. The second kappa shape index (κ2) is 22.6. The van der Waals surface area contributed by atoms with E-state index in [1.165, 1.54) is 38.5 Å². The van der Waals surface area contributed by atoms with Gasteiger partial charge in [-0.25, -0.2) is 4.98 Å². The third-order valence-corrected chi connectivity index (χ3v) is 17.4. The molecule has 0 fully saturated rings. The van der Waals surface area contributed by atoms with Crippen LogP contribution in [0, 0.1) is 18.5 Å². The topological polar surface area (TPSA) is 49.0 Å². The van der Waals surface area contributed by atoms with E-state index < -0.39 is 133 Å². The third kappa shape index (κ3) is 11.0. The van der Waals surface area contributed by atoms with Crippen molar-refractivity contribution in [3.05, 3.63) is 259 Å². The zero-order valence-electron chi connectivity index (χ0n) is 76.5. The molecular formula is C86H78N4O2Pt-2. The van der Waals surface area contributed by atoms with Gasteiger partial charge in [0.1, 0.15) is 17.0 Å². The zero-order chi connectivity index (χ0) is 84.4. The molecule has 15 rings (SSSR count). The van der Waals surface area contributed by atoms with Gasteiger partial charge in [0.25, 0.3) is 6.33 Å².